The van der Waals surface area contributed by atoms with E-state index in [0.29, 0.717) is 0 Å². The summed E-state index contributed by atoms with van der Waals surface area (Å²) in [5, 5.41) is 7.58. The SMILES string of the molecule is C=C(CNCCc1ncn(C)n1)c1ccccc1. The zero-order valence-corrected chi connectivity index (χ0v) is 10.6. The summed E-state index contributed by atoms with van der Waals surface area (Å²) in [4.78, 5) is 4.18. The fourth-order valence-corrected chi connectivity index (χ4v) is 1.71. The van der Waals surface area contributed by atoms with Crippen LogP contribution in [0.3, 0.4) is 0 Å². The number of nitrogens with one attached hydrogen (secondary N) is 1. The molecule has 0 bridgehead atoms. The summed E-state index contributed by atoms with van der Waals surface area (Å²) in [6.45, 7) is 5.72. The minimum atomic E-state index is 0.789. The van der Waals surface area contributed by atoms with Crippen molar-refractivity contribution in [1.29, 1.82) is 0 Å². The van der Waals surface area contributed by atoms with Crippen molar-refractivity contribution in [1.82, 2.24) is 20.1 Å². The highest BCUT2D eigenvalue weighted by molar-refractivity contribution is 5.64. The average Bonchev–Trinajstić information content (AvgIpc) is 2.81. The highest BCUT2D eigenvalue weighted by atomic mass is 15.3. The van der Waals surface area contributed by atoms with Crippen molar-refractivity contribution in [3.63, 3.8) is 0 Å². The highest BCUT2D eigenvalue weighted by Crippen LogP contribution is 2.09. The first-order chi connectivity index (χ1) is 8.75. The Hall–Kier alpha value is -1.94. The fourth-order valence-electron chi connectivity index (χ4n) is 1.71. The van der Waals surface area contributed by atoms with E-state index in [1.807, 2.05) is 25.2 Å². The van der Waals surface area contributed by atoms with Gasteiger partial charge in [-0.2, -0.15) is 5.10 Å². The average molecular weight is 242 g/mol. The number of benzene rings is 1. The summed E-state index contributed by atoms with van der Waals surface area (Å²) in [5.74, 6) is 0.871. The van der Waals surface area contributed by atoms with Gasteiger partial charge in [0.25, 0.3) is 0 Å². The van der Waals surface area contributed by atoms with Crippen molar-refractivity contribution in [3.05, 3.63) is 54.6 Å². The zero-order chi connectivity index (χ0) is 12.8. The first-order valence-corrected chi connectivity index (χ1v) is 6.04. The van der Waals surface area contributed by atoms with E-state index in [0.717, 1.165) is 30.9 Å². The van der Waals surface area contributed by atoms with Gasteiger partial charge in [0.1, 0.15) is 6.33 Å². The van der Waals surface area contributed by atoms with Gasteiger partial charge in [-0.1, -0.05) is 36.9 Å². The molecule has 1 heterocycles. The number of nitrogens with zero attached hydrogens (tertiary/aromatic N) is 3. The first-order valence-electron chi connectivity index (χ1n) is 6.04. The van der Waals surface area contributed by atoms with Crippen LogP contribution >= 0.6 is 0 Å². The fraction of sp³-hybridized carbons (Fsp3) is 0.286. The molecule has 0 saturated heterocycles. The molecule has 1 N–H and O–H groups in total. The van der Waals surface area contributed by atoms with E-state index in [1.165, 1.54) is 5.56 Å². The maximum atomic E-state index is 4.23. The number of hydrogen-bond acceptors (Lipinski definition) is 3. The van der Waals surface area contributed by atoms with Crippen molar-refractivity contribution >= 4 is 5.57 Å². The van der Waals surface area contributed by atoms with Crippen molar-refractivity contribution in [3.8, 4) is 0 Å². The van der Waals surface area contributed by atoms with E-state index in [9.17, 15) is 0 Å². The van der Waals surface area contributed by atoms with E-state index in [2.05, 4.69) is 34.1 Å². The van der Waals surface area contributed by atoms with Crippen LogP contribution in [-0.4, -0.2) is 27.9 Å². The highest BCUT2D eigenvalue weighted by Gasteiger charge is 2.00. The predicted molar refractivity (Wildman–Crippen MR) is 73.1 cm³/mol. The van der Waals surface area contributed by atoms with E-state index in [1.54, 1.807) is 11.0 Å². The van der Waals surface area contributed by atoms with Gasteiger partial charge in [-0.15, -0.1) is 0 Å². The van der Waals surface area contributed by atoms with Crippen LogP contribution in [0.5, 0.6) is 0 Å². The molecule has 4 heteroatoms. The van der Waals surface area contributed by atoms with E-state index in [-0.39, 0.29) is 0 Å². The Morgan fingerprint density at radius 2 is 2.11 bits per heavy atom. The largest absolute Gasteiger partial charge is 0.312 e. The van der Waals surface area contributed by atoms with Gasteiger partial charge in [-0.05, 0) is 11.1 Å². The second-order valence-corrected chi connectivity index (χ2v) is 4.23. The summed E-state index contributed by atoms with van der Waals surface area (Å²) >= 11 is 0. The van der Waals surface area contributed by atoms with Crippen molar-refractivity contribution in [2.45, 2.75) is 6.42 Å². The van der Waals surface area contributed by atoms with Crippen LogP contribution in [-0.2, 0) is 13.5 Å². The quantitative estimate of drug-likeness (QED) is 0.783. The lowest BCUT2D eigenvalue weighted by atomic mass is 10.1. The maximum absolute atomic E-state index is 4.23. The van der Waals surface area contributed by atoms with E-state index >= 15 is 0 Å². The Morgan fingerprint density at radius 3 is 2.78 bits per heavy atom. The third-order valence-electron chi connectivity index (χ3n) is 2.69. The molecule has 0 amide bonds. The molecule has 0 spiro atoms. The third kappa shape index (κ3) is 3.53. The molecule has 1 aromatic carbocycles. The summed E-state index contributed by atoms with van der Waals surface area (Å²) in [7, 11) is 1.88. The molecule has 0 atom stereocenters. The van der Waals surface area contributed by atoms with E-state index in [4.69, 9.17) is 0 Å². The minimum Gasteiger partial charge on any atom is -0.312 e. The molecule has 1 aromatic heterocycles. The Bertz CT molecular complexity index is 502. The van der Waals surface area contributed by atoms with Crippen molar-refractivity contribution in [2.75, 3.05) is 13.1 Å². The first kappa shape index (κ1) is 12.5. The number of aryl methyl sites for hydroxylation is 1. The van der Waals surface area contributed by atoms with Crippen LogP contribution in [0.25, 0.3) is 5.57 Å². The molecule has 0 saturated carbocycles. The molecule has 0 fully saturated rings. The molecule has 0 aliphatic carbocycles. The molecular weight excluding hydrogens is 224 g/mol. The van der Waals surface area contributed by atoms with Crippen LogP contribution in [0.2, 0.25) is 0 Å². The Morgan fingerprint density at radius 1 is 1.33 bits per heavy atom. The van der Waals surface area contributed by atoms with Gasteiger partial charge in [0.15, 0.2) is 5.82 Å². The molecular formula is C14H18N4. The number of hydrogen-bond donors (Lipinski definition) is 1. The van der Waals surface area contributed by atoms with Gasteiger partial charge in [0.05, 0.1) is 0 Å². The van der Waals surface area contributed by atoms with Crippen LogP contribution in [0.1, 0.15) is 11.4 Å². The summed E-state index contributed by atoms with van der Waals surface area (Å²) < 4.78 is 1.72. The standard InChI is InChI=1S/C14H18N4/c1-12(13-6-4-3-5-7-13)10-15-9-8-14-16-11-18(2)17-14/h3-7,11,15H,1,8-10H2,2H3. The molecule has 0 radical (unpaired) electrons. The molecule has 94 valence electrons. The molecule has 0 aliphatic rings. The van der Waals surface area contributed by atoms with Crippen LogP contribution < -0.4 is 5.32 Å². The third-order valence-corrected chi connectivity index (χ3v) is 2.69. The minimum absolute atomic E-state index is 0.789. The number of rotatable bonds is 6. The molecule has 4 nitrogen and oxygen atoms in total. The van der Waals surface area contributed by atoms with Gasteiger partial charge in [-0.25, -0.2) is 4.98 Å². The molecule has 2 aromatic rings. The van der Waals surface area contributed by atoms with Gasteiger partial charge in [-0.3, -0.25) is 4.68 Å². The lowest BCUT2D eigenvalue weighted by molar-refractivity contribution is 0.699. The molecule has 0 unspecified atom stereocenters. The Kier molecular flexibility index (Phi) is 4.25. The topological polar surface area (TPSA) is 42.7 Å². The second kappa shape index (κ2) is 6.12. The second-order valence-electron chi connectivity index (χ2n) is 4.23. The van der Waals surface area contributed by atoms with Gasteiger partial charge in [0.2, 0.25) is 0 Å². The Labute approximate surface area is 107 Å². The predicted octanol–water partition coefficient (Wildman–Crippen LogP) is 1.66. The van der Waals surface area contributed by atoms with Crippen molar-refractivity contribution in [2.24, 2.45) is 7.05 Å². The van der Waals surface area contributed by atoms with Crippen LogP contribution in [0, 0.1) is 0 Å². The Balaban J connectivity index is 1.71. The summed E-state index contributed by atoms with van der Waals surface area (Å²) in [5.41, 5.74) is 2.28. The van der Waals surface area contributed by atoms with Crippen LogP contribution in [0.4, 0.5) is 0 Å². The zero-order valence-electron chi connectivity index (χ0n) is 10.6. The van der Waals surface area contributed by atoms with E-state index < -0.39 is 0 Å². The lowest BCUT2D eigenvalue weighted by Crippen LogP contribution is -2.19. The van der Waals surface area contributed by atoms with Gasteiger partial charge in [0, 0.05) is 26.6 Å². The molecule has 2 rings (SSSR count). The van der Waals surface area contributed by atoms with Crippen molar-refractivity contribution < 1.29 is 0 Å². The van der Waals surface area contributed by atoms with Crippen LogP contribution in [0.15, 0.2) is 43.2 Å². The van der Waals surface area contributed by atoms with Gasteiger partial charge >= 0.3 is 0 Å². The normalized spacial score (nSPS) is 10.5. The summed E-state index contributed by atoms with van der Waals surface area (Å²) in [6, 6.07) is 10.2. The smallest absolute Gasteiger partial charge is 0.151 e. The van der Waals surface area contributed by atoms with Gasteiger partial charge < -0.3 is 5.32 Å². The number of aromatic nitrogens is 3. The maximum Gasteiger partial charge on any atom is 0.151 e. The molecule has 0 aliphatic heterocycles. The monoisotopic (exact) mass is 242 g/mol. The molecule has 18 heavy (non-hydrogen) atoms. The summed E-state index contributed by atoms with van der Waals surface area (Å²) in [6.07, 6.45) is 2.56. The lowest BCUT2D eigenvalue weighted by Gasteiger charge is -2.06.